The van der Waals surface area contributed by atoms with Crippen LogP contribution in [0.15, 0.2) is 47.6 Å². The molecule has 1 aliphatic heterocycles. The van der Waals surface area contributed by atoms with Crippen LogP contribution in [0.2, 0.25) is 0 Å². The number of hydrogen-bond acceptors (Lipinski definition) is 4. The highest BCUT2D eigenvalue weighted by atomic mass is 19.1. The quantitative estimate of drug-likeness (QED) is 0.626. The molecular formula is C21H24FN3O2. The van der Waals surface area contributed by atoms with Gasteiger partial charge in [-0.05, 0) is 49.1 Å². The van der Waals surface area contributed by atoms with E-state index in [1.54, 1.807) is 25.5 Å². The Morgan fingerprint density at radius 1 is 1.19 bits per heavy atom. The van der Waals surface area contributed by atoms with Crippen molar-refractivity contribution in [3.63, 3.8) is 0 Å². The van der Waals surface area contributed by atoms with Gasteiger partial charge in [-0.3, -0.25) is 4.79 Å². The number of piperidine rings is 1. The first-order valence-electron chi connectivity index (χ1n) is 9.15. The zero-order valence-corrected chi connectivity index (χ0v) is 15.5. The summed E-state index contributed by atoms with van der Waals surface area (Å²) >= 11 is 0. The fourth-order valence-corrected chi connectivity index (χ4v) is 3.16. The second-order valence-corrected chi connectivity index (χ2v) is 6.57. The van der Waals surface area contributed by atoms with E-state index in [-0.39, 0.29) is 18.1 Å². The van der Waals surface area contributed by atoms with Crippen LogP contribution in [0, 0.1) is 5.82 Å². The Bertz CT molecular complexity index is 800. The van der Waals surface area contributed by atoms with Gasteiger partial charge in [0.05, 0.1) is 19.7 Å². The first-order valence-corrected chi connectivity index (χ1v) is 9.15. The smallest absolute Gasteiger partial charge is 0.244 e. The minimum absolute atomic E-state index is 0.142. The number of methoxy groups -OCH3 is 1. The van der Waals surface area contributed by atoms with Crippen molar-refractivity contribution in [1.29, 1.82) is 0 Å². The number of benzene rings is 2. The molecule has 1 fully saturated rings. The number of hydrogen-bond donors (Lipinski definition) is 1. The van der Waals surface area contributed by atoms with Gasteiger partial charge in [0.1, 0.15) is 11.6 Å². The largest absolute Gasteiger partial charge is 0.496 e. The van der Waals surface area contributed by atoms with Crippen molar-refractivity contribution in [2.24, 2.45) is 5.10 Å². The predicted molar refractivity (Wildman–Crippen MR) is 105 cm³/mol. The van der Waals surface area contributed by atoms with Crippen LogP contribution in [0.4, 0.5) is 10.1 Å². The summed E-state index contributed by atoms with van der Waals surface area (Å²) in [4.78, 5) is 14.3. The SMILES string of the molecule is COc1cc(N2CCCCC2)ccc1/C=N/NC(=O)Cc1ccc(F)cc1. The van der Waals surface area contributed by atoms with Gasteiger partial charge in [-0.15, -0.1) is 0 Å². The molecule has 6 heteroatoms. The zero-order chi connectivity index (χ0) is 19.1. The number of carbonyl (C=O) groups is 1. The molecule has 2 aromatic rings. The predicted octanol–water partition coefficient (Wildman–Crippen LogP) is 3.52. The third-order valence-corrected chi connectivity index (χ3v) is 4.61. The Labute approximate surface area is 158 Å². The van der Waals surface area contributed by atoms with Crippen LogP contribution >= 0.6 is 0 Å². The van der Waals surface area contributed by atoms with Gasteiger partial charge in [0, 0.05) is 30.4 Å². The Morgan fingerprint density at radius 2 is 1.93 bits per heavy atom. The topological polar surface area (TPSA) is 53.9 Å². The molecule has 5 nitrogen and oxygen atoms in total. The summed E-state index contributed by atoms with van der Waals surface area (Å²) in [5.41, 5.74) is 5.16. The van der Waals surface area contributed by atoms with E-state index < -0.39 is 0 Å². The molecular weight excluding hydrogens is 345 g/mol. The first kappa shape index (κ1) is 18.9. The number of amides is 1. The molecule has 0 atom stereocenters. The molecule has 0 bridgehead atoms. The summed E-state index contributed by atoms with van der Waals surface area (Å²) in [6.45, 7) is 2.13. The molecule has 3 rings (SSSR count). The summed E-state index contributed by atoms with van der Waals surface area (Å²) < 4.78 is 18.4. The second kappa shape index (κ2) is 9.16. The van der Waals surface area contributed by atoms with Crippen LogP contribution in [0.25, 0.3) is 0 Å². The number of halogens is 1. The first-order chi connectivity index (χ1) is 13.2. The van der Waals surface area contributed by atoms with Gasteiger partial charge < -0.3 is 9.64 Å². The maximum absolute atomic E-state index is 12.9. The third-order valence-electron chi connectivity index (χ3n) is 4.61. The monoisotopic (exact) mass is 369 g/mol. The minimum atomic E-state index is -0.322. The van der Waals surface area contributed by atoms with Crippen molar-refractivity contribution >= 4 is 17.8 Å². The van der Waals surface area contributed by atoms with E-state index in [1.165, 1.54) is 31.4 Å². The molecule has 1 aliphatic rings. The summed E-state index contributed by atoms with van der Waals surface area (Å²) in [6, 6.07) is 11.8. The molecule has 27 heavy (non-hydrogen) atoms. The van der Waals surface area contributed by atoms with Crippen molar-refractivity contribution in [2.75, 3.05) is 25.1 Å². The van der Waals surface area contributed by atoms with E-state index in [2.05, 4.69) is 21.5 Å². The highest BCUT2D eigenvalue weighted by Gasteiger charge is 2.13. The number of carbonyl (C=O) groups excluding carboxylic acids is 1. The van der Waals surface area contributed by atoms with Crippen LogP contribution in [-0.4, -0.2) is 32.3 Å². The van der Waals surface area contributed by atoms with Gasteiger partial charge in [-0.2, -0.15) is 5.10 Å². The Morgan fingerprint density at radius 3 is 2.63 bits per heavy atom. The fourth-order valence-electron chi connectivity index (χ4n) is 3.16. The number of rotatable bonds is 6. The number of nitrogens with one attached hydrogen (secondary N) is 1. The lowest BCUT2D eigenvalue weighted by Crippen LogP contribution is -2.29. The van der Waals surface area contributed by atoms with Gasteiger partial charge in [0.2, 0.25) is 5.91 Å². The van der Waals surface area contributed by atoms with E-state index in [1.807, 2.05) is 12.1 Å². The lowest BCUT2D eigenvalue weighted by Gasteiger charge is -2.29. The number of ether oxygens (including phenoxy) is 1. The molecule has 0 radical (unpaired) electrons. The second-order valence-electron chi connectivity index (χ2n) is 6.57. The van der Waals surface area contributed by atoms with Crippen LogP contribution in [0.1, 0.15) is 30.4 Å². The van der Waals surface area contributed by atoms with Crippen molar-refractivity contribution in [3.8, 4) is 5.75 Å². The molecule has 1 heterocycles. The lowest BCUT2D eigenvalue weighted by atomic mass is 10.1. The normalized spacial score (nSPS) is 14.4. The molecule has 1 saturated heterocycles. The third kappa shape index (κ3) is 5.29. The van der Waals surface area contributed by atoms with E-state index >= 15 is 0 Å². The maximum Gasteiger partial charge on any atom is 0.244 e. The summed E-state index contributed by atoms with van der Waals surface area (Å²) in [5, 5.41) is 4.01. The van der Waals surface area contributed by atoms with Gasteiger partial charge in [-0.1, -0.05) is 12.1 Å². The molecule has 1 N–H and O–H groups in total. The zero-order valence-electron chi connectivity index (χ0n) is 15.5. The fraction of sp³-hybridized carbons (Fsp3) is 0.333. The molecule has 2 aromatic carbocycles. The average Bonchev–Trinajstić information content (AvgIpc) is 2.70. The van der Waals surface area contributed by atoms with Crippen LogP contribution in [-0.2, 0) is 11.2 Å². The van der Waals surface area contributed by atoms with Gasteiger partial charge in [0.15, 0.2) is 0 Å². The van der Waals surface area contributed by atoms with Crippen molar-refractivity contribution in [2.45, 2.75) is 25.7 Å². The molecule has 0 saturated carbocycles. The summed E-state index contributed by atoms with van der Waals surface area (Å²) in [6.07, 6.45) is 5.43. The van der Waals surface area contributed by atoms with Crippen LogP contribution in [0.5, 0.6) is 5.75 Å². The Balaban J connectivity index is 1.60. The van der Waals surface area contributed by atoms with Gasteiger partial charge in [-0.25, -0.2) is 9.82 Å². The molecule has 142 valence electrons. The van der Waals surface area contributed by atoms with Crippen molar-refractivity contribution in [1.82, 2.24) is 5.43 Å². The van der Waals surface area contributed by atoms with Crippen molar-refractivity contribution < 1.29 is 13.9 Å². The summed E-state index contributed by atoms with van der Waals surface area (Å²) in [5.74, 6) is 0.133. The van der Waals surface area contributed by atoms with Crippen LogP contribution < -0.4 is 15.1 Å². The highest BCUT2D eigenvalue weighted by molar-refractivity contribution is 5.86. The number of anilines is 1. The molecule has 0 unspecified atom stereocenters. The van der Waals surface area contributed by atoms with E-state index in [0.717, 1.165) is 35.7 Å². The van der Waals surface area contributed by atoms with Crippen LogP contribution in [0.3, 0.4) is 0 Å². The molecule has 0 aromatic heterocycles. The molecule has 0 spiro atoms. The number of hydrazone groups is 1. The lowest BCUT2D eigenvalue weighted by molar-refractivity contribution is -0.120. The minimum Gasteiger partial charge on any atom is -0.496 e. The van der Waals surface area contributed by atoms with E-state index in [4.69, 9.17) is 4.74 Å². The Kier molecular flexibility index (Phi) is 6.41. The maximum atomic E-state index is 12.9. The molecule has 1 amide bonds. The van der Waals surface area contributed by atoms with E-state index in [0.29, 0.717) is 0 Å². The van der Waals surface area contributed by atoms with Gasteiger partial charge in [0.25, 0.3) is 0 Å². The molecule has 0 aliphatic carbocycles. The van der Waals surface area contributed by atoms with E-state index in [9.17, 15) is 9.18 Å². The number of nitrogens with zero attached hydrogens (tertiary/aromatic N) is 2. The van der Waals surface area contributed by atoms with Gasteiger partial charge >= 0.3 is 0 Å². The van der Waals surface area contributed by atoms with Crippen molar-refractivity contribution in [3.05, 3.63) is 59.4 Å². The highest BCUT2D eigenvalue weighted by Crippen LogP contribution is 2.26. The average molecular weight is 369 g/mol. The summed E-state index contributed by atoms with van der Waals surface area (Å²) in [7, 11) is 1.62. The standard InChI is InChI=1S/C21H24FN3O2/c1-27-20-14-19(25-11-3-2-4-12-25)10-7-17(20)15-23-24-21(26)13-16-5-8-18(22)9-6-16/h5-10,14-15H,2-4,11-13H2,1H3,(H,24,26)/b23-15+. The Hall–Kier alpha value is -2.89.